The summed E-state index contributed by atoms with van der Waals surface area (Å²) in [5.41, 5.74) is 5.41. The van der Waals surface area contributed by atoms with E-state index >= 15 is 0 Å². The Bertz CT molecular complexity index is 797. The first-order valence-electron chi connectivity index (χ1n) is 9.81. The monoisotopic (exact) mass is 418 g/mol. The van der Waals surface area contributed by atoms with Gasteiger partial charge in [-0.3, -0.25) is 0 Å². The molecule has 0 fully saturated rings. The van der Waals surface area contributed by atoms with Gasteiger partial charge in [0.05, 0.1) is 5.56 Å². The summed E-state index contributed by atoms with van der Waals surface area (Å²) in [6.07, 6.45) is 11.4. The number of hydrogen-bond acceptors (Lipinski definition) is 4. The molecule has 0 radical (unpaired) electrons. The van der Waals surface area contributed by atoms with Gasteiger partial charge in [0.1, 0.15) is 11.5 Å². The molecule has 1 heterocycles. The van der Waals surface area contributed by atoms with Crippen molar-refractivity contribution in [2.75, 3.05) is 12.5 Å². The summed E-state index contributed by atoms with van der Waals surface area (Å²) in [5.74, 6) is 1.14. The maximum absolute atomic E-state index is 10.8. The number of ether oxygens (including phenoxy) is 1. The second kappa shape index (κ2) is 9.98. The summed E-state index contributed by atoms with van der Waals surface area (Å²) in [6.45, 7) is 4.33. The van der Waals surface area contributed by atoms with Crippen molar-refractivity contribution >= 4 is 23.5 Å². The van der Waals surface area contributed by atoms with E-state index in [2.05, 4.69) is 50.6 Å². The zero-order valence-electron chi connectivity index (χ0n) is 16.8. The number of hydrogen-bond donors (Lipinski definition) is 1. The highest BCUT2D eigenvalue weighted by Gasteiger charge is 2.41. The Morgan fingerprint density at radius 2 is 1.71 bits per heavy atom. The summed E-state index contributed by atoms with van der Waals surface area (Å²) < 4.78 is 6.05. The van der Waals surface area contributed by atoms with E-state index in [-0.39, 0.29) is 7.43 Å². The van der Waals surface area contributed by atoms with E-state index in [9.17, 15) is 5.11 Å². The number of phenolic OH excluding ortho intramolecular Hbond substituents is 1. The van der Waals surface area contributed by atoms with Crippen LogP contribution in [0, 0.1) is 6.92 Å². The van der Waals surface area contributed by atoms with Gasteiger partial charge in [0.2, 0.25) is 4.27 Å². The molecule has 0 amide bonds. The molecule has 0 bridgehead atoms. The molecule has 0 saturated carbocycles. The maximum Gasteiger partial charge on any atom is 0.227 e. The van der Waals surface area contributed by atoms with Gasteiger partial charge in [-0.25, -0.2) is 0 Å². The van der Waals surface area contributed by atoms with E-state index in [0.29, 0.717) is 5.75 Å². The minimum atomic E-state index is -0.470. The first-order valence-corrected chi connectivity index (χ1v) is 12.3. The molecular weight excluding hydrogens is 384 g/mol. The van der Waals surface area contributed by atoms with Gasteiger partial charge in [-0.05, 0) is 55.5 Å². The average molecular weight is 419 g/mol. The van der Waals surface area contributed by atoms with Crippen LogP contribution in [-0.2, 0) is 10.7 Å². The molecule has 1 aliphatic heterocycles. The van der Waals surface area contributed by atoms with E-state index in [4.69, 9.17) is 4.74 Å². The number of fused-ring (bicyclic) bond motifs is 3. The third-order valence-corrected chi connectivity index (χ3v) is 7.95. The molecule has 4 heteroatoms. The summed E-state index contributed by atoms with van der Waals surface area (Å²) in [4.78, 5) is 0. The zero-order valence-corrected chi connectivity index (χ0v) is 18.4. The van der Waals surface area contributed by atoms with Crippen molar-refractivity contribution in [1.82, 2.24) is 0 Å². The number of thioether (sulfide) groups is 2. The SMILES string of the molecule is C.CCCCCCCc1cc(O)c2c(c1)OC(SC)(SC)c1ccc(C)cc1-2. The second-order valence-electron chi connectivity index (χ2n) is 7.27. The summed E-state index contributed by atoms with van der Waals surface area (Å²) in [6, 6.07) is 10.5. The van der Waals surface area contributed by atoms with E-state index in [1.54, 1.807) is 23.5 Å². The number of aryl methyl sites for hydroxylation is 2. The molecule has 28 heavy (non-hydrogen) atoms. The van der Waals surface area contributed by atoms with Crippen LogP contribution in [0.1, 0.15) is 63.1 Å². The Labute approximate surface area is 179 Å². The smallest absolute Gasteiger partial charge is 0.227 e. The Kier molecular flexibility index (Phi) is 8.20. The fraction of sp³-hybridized carbons (Fsp3) is 0.500. The van der Waals surface area contributed by atoms with Crippen molar-refractivity contribution in [2.45, 2.75) is 64.1 Å². The van der Waals surface area contributed by atoms with Crippen LogP contribution in [0.5, 0.6) is 11.5 Å². The molecule has 2 aromatic rings. The highest BCUT2D eigenvalue weighted by atomic mass is 32.2. The van der Waals surface area contributed by atoms with Crippen LogP contribution in [-0.4, -0.2) is 17.6 Å². The van der Waals surface area contributed by atoms with Crippen molar-refractivity contribution in [3.63, 3.8) is 0 Å². The number of phenols is 1. The molecule has 0 aliphatic carbocycles. The predicted molar refractivity (Wildman–Crippen MR) is 127 cm³/mol. The van der Waals surface area contributed by atoms with Gasteiger partial charge in [0, 0.05) is 5.56 Å². The van der Waals surface area contributed by atoms with Gasteiger partial charge in [-0.2, -0.15) is 0 Å². The minimum absolute atomic E-state index is 0. The van der Waals surface area contributed by atoms with Crippen LogP contribution >= 0.6 is 23.5 Å². The predicted octanol–water partition coefficient (Wildman–Crippen LogP) is 7.75. The Morgan fingerprint density at radius 1 is 1.00 bits per heavy atom. The van der Waals surface area contributed by atoms with Gasteiger partial charge in [-0.1, -0.05) is 63.8 Å². The van der Waals surface area contributed by atoms with Crippen LogP contribution in [0.3, 0.4) is 0 Å². The summed E-state index contributed by atoms with van der Waals surface area (Å²) in [5, 5.41) is 10.8. The summed E-state index contributed by atoms with van der Waals surface area (Å²) >= 11 is 3.41. The van der Waals surface area contributed by atoms with E-state index in [1.807, 2.05) is 6.07 Å². The van der Waals surface area contributed by atoms with Crippen molar-refractivity contribution < 1.29 is 9.84 Å². The number of unbranched alkanes of at least 4 members (excludes halogenated alkanes) is 4. The molecule has 3 rings (SSSR count). The quantitative estimate of drug-likeness (QED) is 0.350. The molecule has 0 spiro atoms. The van der Waals surface area contributed by atoms with Gasteiger partial charge in [0.25, 0.3) is 0 Å². The molecule has 2 nitrogen and oxygen atoms in total. The highest BCUT2D eigenvalue weighted by Crippen LogP contribution is 2.56. The first-order chi connectivity index (χ1) is 13.0. The molecule has 0 atom stereocenters. The number of benzene rings is 2. The first kappa shape index (κ1) is 23.0. The van der Waals surface area contributed by atoms with Gasteiger partial charge >= 0.3 is 0 Å². The van der Waals surface area contributed by atoms with Gasteiger partial charge < -0.3 is 9.84 Å². The van der Waals surface area contributed by atoms with E-state index < -0.39 is 4.27 Å². The number of rotatable bonds is 8. The Hall–Kier alpha value is -1.26. The zero-order chi connectivity index (χ0) is 19.4. The Balaban J connectivity index is 0.00000280. The molecule has 0 aromatic heterocycles. The normalized spacial score (nSPS) is 13.9. The third kappa shape index (κ3) is 4.49. The standard InChI is InChI=1S/C23H30O2S2.CH4/c1-5-6-7-8-9-10-17-14-20(24)22-18-13-16(2)11-12-19(18)23(26-3,27-4)25-21(22)15-17;/h11-15,24H,5-10H2,1-4H3;1H4. The number of aromatic hydroxyl groups is 1. The van der Waals surface area contributed by atoms with Crippen LogP contribution in [0.4, 0.5) is 0 Å². The fourth-order valence-electron chi connectivity index (χ4n) is 3.80. The molecule has 0 unspecified atom stereocenters. The lowest BCUT2D eigenvalue weighted by molar-refractivity contribution is 0.257. The van der Waals surface area contributed by atoms with Crippen molar-refractivity contribution in [3.05, 3.63) is 47.0 Å². The molecule has 1 N–H and O–H groups in total. The second-order valence-corrected chi connectivity index (χ2v) is 9.49. The highest BCUT2D eigenvalue weighted by molar-refractivity contribution is 8.16. The van der Waals surface area contributed by atoms with E-state index in [0.717, 1.165) is 40.8 Å². The van der Waals surface area contributed by atoms with Crippen LogP contribution in [0.15, 0.2) is 30.3 Å². The van der Waals surface area contributed by atoms with Gasteiger partial charge in [0.15, 0.2) is 0 Å². The lowest BCUT2D eigenvalue weighted by Gasteiger charge is -2.38. The lowest BCUT2D eigenvalue weighted by Crippen LogP contribution is -2.29. The summed E-state index contributed by atoms with van der Waals surface area (Å²) in [7, 11) is 0. The van der Waals surface area contributed by atoms with Gasteiger partial charge in [-0.15, -0.1) is 23.5 Å². The largest absolute Gasteiger partial charge is 0.507 e. The maximum atomic E-state index is 10.8. The van der Waals surface area contributed by atoms with Crippen LogP contribution in [0.25, 0.3) is 11.1 Å². The molecule has 0 saturated heterocycles. The molecule has 1 aliphatic rings. The van der Waals surface area contributed by atoms with Crippen LogP contribution in [0.2, 0.25) is 0 Å². The Morgan fingerprint density at radius 3 is 2.39 bits per heavy atom. The fourth-order valence-corrected chi connectivity index (χ4v) is 5.61. The van der Waals surface area contributed by atoms with Crippen molar-refractivity contribution in [2.24, 2.45) is 0 Å². The van der Waals surface area contributed by atoms with Crippen molar-refractivity contribution in [3.8, 4) is 22.6 Å². The molecule has 2 aromatic carbocycles. The molecule has 154 valence electrons. The topological polar surface area (TPSA) is 29.5 Å². The average Bonchev–Trinajstić information content (AvgIpc) is 2.66. The third-order valence-electron chi connectivity index (χ3n) is 5.27. The van der Waals surface area contributed by atoms with E-state index in [1.165, 1.54) is 31.2 Å². The van der Waals surface area contributed by atoms with Crippen LogP contribution < -0.4 is 4.74 Å². The minimum Gasteiger partial charge on any atom is -0.507 e. The lowest BCUT2D eigenvalue weighted by atomic mass is 9.92. The van der Waals surface area contributed by atoms with Crippen molar-refractivity contribution in [1.29, 1.82) is 0 Å². The molecular formula is C24H34O2S2.